The van der Waals surface area contributed by atoms with Gasteiger partial charge in [-0.05, 0) is 12.8 Å². The number of aromatic nitrogens is 1. The van der Waals surface area contributed by atoms with Crippen molar-refractivity contribution in [3.63, 3.8) is 0 Å². The fourth-order valence-corrected chi connectivity index (χ4v) is 2.30. The number of unbranched alkanes of at least 4 members (excludes halogenated alkanes) is 3. The maximum absolute atomic E-state index is 11.8. The van der Waals surface area contributed by atoms with Crippen LogP contribution < -0.4 is 5.32 Å². The Hall–Kier alpha value is -0.290. The highest BCUT2D eigenvalue weighted by Crippen LogP contribution is 2.28. The van der Waals surface area contributed by atoms with Crippen LogP contribution in [0.2, 0.25) is 0 Å². The molecule has 1 aromatic heterocycles. The van der Waals surface area contributed by atoms with Crippen molar-refractivity contribution in [1.29, 1.82) is 0 Å². The van der Waals surface area contributed by atoms with Gasteiger partial charge in [0, 0.05) is 23.3 Å². The normalized spacial score (nSPS) is 12.5. The van der Waals surface area contributed by atoms with E-state index in [2.05, 4.69) is 17.2 Å². The monoisotopic (exact) mass is 354 g/mol. The molecule has 3 nitrogen and oxygen atoms in total. The molecule has 112 valence electrons. The summed E-state index contributed by atoms with van der Waals surface area (Å²) < 4.78 is -1.92. The maximum atomic E-state index is 11.8. The molecular formula is C13H17Cl3N2OS. The van der Waals surface area contributed by atoms with E-state index in [-0.39, 0.29) is 0 Å². The number of ketones is 1. The van der Waals surface area contributed by atoms with Gasteiger partial charge in [-0.3, -0.25) is 4.79 Å². The molecule has 0 bridgehead atoms. The standard InChI is InChI=1S/C13H17Cl3N2OS/c1-2-3-4-5-6-10(9-11(19)13(14,15)16)18-12-17-7-8-20-12/h7-9H,2-6H2,1H3,(H,17,18)/b10-9+. The minimum absolute atomic E-state index is 0.544. The Kier molecular flexibility index (Phi) is 7.88. The fraction of sp³-hybridized carbons (Fsp3) is 0.538. The number of hydrogen-bond donors (Lipinski definition) is 1. The van der Waals surface area contributed by atoms with Gasteiger partial charge in [0.2, 0.25) is 5.78 Å². The minimum atomic E-state index is -1.92. The second-order valence-electron chi connectivity index (χ2n) is 4.30. The first-order chi connectivity index (χ1) is 9.43. The Morgan fingerprint density at radius 3 is 2.70 bits per heavy atom. The number of carbonyl (C=O) groups excluding carboxylic acids is 1. The summed E-state index contributed by atoms with van der Waals surface area (Å²) in [6.07, 6.45) is 8.19. The summed E-state index contributed by atoms with van der Waals surface area (Å²) >= 11 is 18.2. The van der Waals surface area contributed by atoms with Gasteiger partial charge in [0.05, 0.1) is 0 Å². The maximum Gasteiger partial charge on any atom is 0.252 e. The lowest BCUT2D eigenvalue weighted by atomic mass is 10.1. The zero-order valence-electron chi connectivity index (χ0n) is 11.2. The molecule has 1 N–H and O–H groups in total. The largest absolute Gasteiger partial charge is 0.335 e. The predicted molar refractivity (Wildman–Crippen MR) is 87.9 cm³/mol. The minimum Gasteiger partial charge on any atom is -0.335 e. The quantitative estimate of drug-likeness (QED) is 0.388. The van der Waals surface area contributed by atoms with E-state index in [0.29, 0.717) is 0 Å². The molecule has 0 unspecified atom stereocenters. The number of alkyl halides is 3. The topological polar surface area (TPSA) is 42.0 Å². The lowest BCUT2D eigenvalue weighted by Crippen LogP contribution is -2.17. The van der Waals surface area contributed by atoms with Gasteiger partial charge < -0.3 is 5.32 Å². The highest BCUT2D eigenvalue weighted by atomic mass is 35.6. The summed E-state index contributed by atoms with van der Waals surface area (Å²) in [5.74, 6) is -0.544. The van der Waals surface area contributed by atoms with E-state index in [1.165, 1.54) is 23.8 Å². The first-order valence-corrected chi connectivity index (χ1v) is 8.43. The number of allylic oxidation sites excluding steroid dienone is 2. The van der Waals surface area contributed by atoms with Crippen LogP contribution in [-0.2, 0) is 4.79 Å². The molecule has 1 rings (SSSR count). The van der Waals surface area contributed by atoms with Gasteiger partial charge in [0.25, 0.3) is 3.79 Å². The van der Waals surface area contributed by atoms with Crippen LogP contribution in [0.15, 0.2) is 23.3 Å². The van der Waals surface area contributed by atoms with Crippen LogP contribution in [0.1, 0.15) is 39.0 Å². The fourth-order valence-electron chi connectivity index (χ4n) is 1.58. The summed E-state index contributed by atoms with van der Waals surface area (Å²) in [5.41, 5.74) is 0.729. The van der Waals surface area contributed by atoms with E-state index in [1.807, 2.05) is 5.38 Å². The molecule has 0 fully saturated rings. The molecule has 0 aromatic carbocycles. The zero-order chi connectivity index (χ0) is 15.0. The molecule has 0 aliphatic carbocycles. The number of carbonyl (C=O) groups is 1. The van der Waals surface area contributed by atoms with Gasteiger partial charge >= 0.3 is 0 Å². The predicted octanol–water partition coefficient (Wildman–Crippen LogP) is 5.35. The Bertz CT molecular complexity index is 441. The van der Waals surface area contributed by atoms with E-state index in [0.717, 1.165) is 36.5 Å². The van der Waals surface area contributed by atoms with Crippen LogP contribution >= 0.6 is 46.1 Å². The van der Waals surface area contributed by atoms with Crippen molar-refractivity contribution in [2.24, 2.45) is 0 Å². The third kappa shape index (κ3) is 6.93. The molecular weight excluding hydrogens is 339 g/mol. The number of halogens is 3. The summed E-state index contributed by atoms with van der Waals surface area (Å²) in [5, 5.41) is 5.69. The van der Waals surface area contributed by atoms with E-state index in [4.69, 9.17) is 34.8 Å². The molecule has 0 saturated heterocycles. The third-order valence-corrected chi connectivity index (χ3v) is 3.83. The molecule has 0 aliphatic rings. The van der Waals surface area contributed by atoms with Crippen LogP contribution in [0.5, 0.6) is 0 Å². The van der Waals surface area contributed by atoms with E-state index in [9.17, 15) is 4.79 Å². The van der Waals surface area contributed by atoms with Gasteiger partial charge in [-0.1, -0.05) is 61.0 Å². The smallest absolute Gasteiger partial charge is 0.252 e. The summed E-state index contributed by atoms with van der Waals surface area (Å²) in [6, 6.07) is 0. The number of nitrogens with zero attached hydrogens (tertiary/aromatic N) is 1. The number of thiazole rings is 1. The average Bonchev–Trinajstić information content (AvgIpc) is 2.86. The van der Waals surface area contributed by atoms with Crippen LogP contribution in [0, 0.1) is 0 Å². The molecule has 1 heterocycles. The van der Waals surface area contributed by atoms with Crippen LogP contribution in [0.4, 0.5) is 5.13 Å². The second kappa shape index (κ2) is 8.88. The van der Waals surface area contributed by atoms with Crippen molar-refractivity contribution in [2.45, 2.75) is 42.8 Å². The molecule has 20 heavy (non-hydrogen) atoms. The highest BCUT2D eigenvalue weighted by molar-refractivity contribution is 7.13. The first kappa shape index (κ1) is 17.8. The van der Waals surface area contributed by atoms with Crippen molar-refractivity contribution in [3.8, 4) is 0 Å². The molecule has 0 saturated carbocycles. The van der Waals surface area contributed by atoms with Crippen LogP contribution in [0.3, 0.4) is 0 Å². The molecule has 0 amide bonds. The van der Waals surface area contributed by atoms with Crippen molar-refractivity contribution in [3.05, 3.63) is 23.3 Å². The molecule has 1 aromatic rings. The average molecular weight is 356 g/mol. The van der Waals surface area contributed by atoms with Crippen LogP contribution in [0.25, 0.3) is 0 Å². The van der Waals surface area contributed by atoms with Crippen molar-refractivity contribution in [2.75, 3.05) is 5.32 Å². The van der Waals surface area contributed by atoms with E-state index < -0.39 is 9.58 Å². The Labute approximate surface area is 138 Å². The van der Waals surface area contributed by atoms with E-state index >= 15 is 0 Å². The van der Waals surface area contributed by atoms with E-state index in [1.54, 1.807) is 6.20 Å². The number of hydrogen-bond acceptors (Lipinski definition) is 4. The van der Waals surface area contributed by atoms with Gasteiger partial charge in [0.15, 0.2) is 5.13 Å². The van der Waals surface area contributed by atoms with Gasteiger partial charge in [-0.2, -0.15) is 0 Å². The summed E-state index contributed by atoms with van der Waals surface area (Å²) in [6.45, 7) is 2.15. The lowest BCUT2D eigenvalue weighted by Gasteiger charge is -2.11. The van der Waals surface area contributed by atoms with Crippen molar-refractivity contribution < 1.29 is 4.79 Å². The number of nitrogens with one attached hydrogen (secondary N) is 1. The molecule has 0 atom stereocenters. The summed E-state index contributed by atoms with van der Waals surface area (Å²) in [7, 11) is 0. The zero-order valence-corrected chi connectivity index (χ0v) is 14.2. The van der Waals surface area contributed by atoms with Gasteiger partial charge in [-0.15, -0.1) is 11.3 Å². The molecule has 0 aliphatic heterocycles. The second-order valence-corrected chi connectivity index (χ2v) is 7.48. The Balaban J connectivity index is 2.68. The van der Waals surface area contributed by atoms with Gasteiger partial charge in [0.1, 0.15) is 0 Å². The van der Waals surface area contributed by atoms with Crippen molar-refractivity contribution >= 4 is 57.1 Å². The molecule has 0 spiro atoms. The third-order valence-electron chi connectivity index (χ3n) is 2.58. The summed E-state index contributed by atoms with van der Waals surface area (Å²) in [4.78, 5) is 15.9. The SMILES string of the molecule is CCCCCC/C(=C\C(=O)C(Cl)(Cl)Cl)Nc1nccs1. The Morgan fingerprint density at radius 1 is 1.40 bits per heavy atom. The van der Waals surface area contributed by atoms with Crippen molar-refractivity contribution in [1.82, 2.24) is 4.98 Å². The van der Waals surface area contributed by atoms with Gasteiger partial charge in [-0.25, -0.2) is 4.98 Å². The first-order valence-electron chi connectivity index (χ1n) is 6.41. The molecule has 0 radical (unpaired) electrons. The Morgan fingerprint density at radius 2 is 2.15 bits per heavy atom. The lowest BCUT2D eigenvalue weighted by molar-refractivity contribution is -0.113. The molecule has 7 heteroatoms. The number of rotatable bonds is 8. The highest BCUT2D eigenvalue weighted by Gasteiger charge is 2.28. The van der Waals surface area contributed by atoms with Crippen LogP contribution in [-0.4, -0.2) is 14.6 Å². The number of anilines is 1.